The van der Waals surface area contributed by atoms with Gasteiger partial charge in [-0.1, -0.05) is 6.42 Å². The molecule has 0 unspecified atom stereocenters. The van der Waals surface area contributed by atoms with E-state index < -0.39 is 11.7 Å². The number of alkyl halides is 3. The molecule has 0 aromatic carbocycles. The molecule has 0 saturated heterocycles. The number of rotatable bonds is 1. The Balaban J connectivity index is 2.44. The molecule has 0 aliphatic heterocycles. The molecule has 1 aromatic heterocycles. The van der Waals surface area contributed by atoms with Crippen molar-refractivity contribution in [1.82, 2.24) is 4.98 Å². The Morgan fingerprint density at radius 1 is 1.33 bits per heavy atom. The molecule has 0 radical (unpaired) electrons. The summed E-state index contributed by atoms with van der Waals surface area (Å²) in [6.45, 7) is 0. The van der Waals surface area contributed by atoms with Crippen molar-refractivity contribution in [2.75, 3.05) is 5.73 Å². The summed E-state index contributed by atoms with van der Waals surface area (Å²) in [4.78, 5) is 3.73. The highest BCUT2D eigenvalue weighted by Crippen LogP contribution is 2.42. The Labute approximate surface area is 85.3 Å². The lowest BCUT2D eigenvalue weighted by molar-refractivity contribution is -0.138. The van der Waals surface area contributed by atoms with E-state index in [2.05, 4.69) is 4.98 Å². The molecular weight excluding hydrogens is 205 g/mol. The quantitative estimate of drug-likeness (QED) is 0.783. The minimum Gasteiger partial charge on any atom is -0.384 e. The van der Waals surface area contributed by atoms with Gasteiger partial charge in [-0.3, -0.25) is 0 Å². The fourth-order valence-electron chi connectivity index (χ4n) is 1.77. The smallest absolute Gasteiger partial charge is 0.384 e. The van der Waals surface area contributed by atoms with Crippen LogP contribution >= 0.6 is 0 Å². The molecule has 82 valence electrons. The van der Waals surface area contributed by atoms with Crippen LogP contribution in [0.25, 0.3) is 0 Å². The molecule has 1 aliphatic carbocycles. The number of anilines is 1. The Bertz CT molecular complexity index is 369. The standard InChI is InChI=1S/C10H11F3N2/c11-10(12,13)8-4-9(14)15-5-7(8)6-2-1-3-6/h4-6H,1-3H2,(H2,14,15). The summed E-state index contributed by atoms with van der Waals surface area (Å²) in [5, 5.41) is 0. The van der Waals surface area contributed by atoms with Crippen molar-refractivity contribution in [1.29, 1.82) is 0 Å². The van der Waals surface area contributed by atoms with Gasteiger partial charge in [0, 0.05) is 6.20 Å². The lowest BCUT2D eigenvalue weighted by Gasteiger charge is -2.28. The first kappa shape index (κ1) is 10.3. The van der Waals surface area contributed by atoms with Crippen LogP contribution in [0, 0.1) is 0 Å². The third kappa shape index (κ3) is 1.91. The van der Waals surface area contributed by atoms with E-state index in [4.69, 9.17) is 5.73 Å². The minimum absolute atomic E-state index is 0.00900. The van der Waals surface area contributed by atoms with Gasteiger partial charge < -0.3 is 5.73 Å². The van der Waals surface area contributed by atoms with E-state index in [1.807, 2.05) is 0 Å². The molecule has 0 bridgehead atoms. The first-order chi connectivity index (χ1) is 6.98. The van der Waals surface area contributed by atoms with Crippen molar-refractivity contribution in [3.63, 3.8) is 0 Å². The van der Waals surface area contributed by atoms with Crippen molar-refractivity contribution < 1.29 is 13.2 Å². The maximum Gasteiger partial charge on any atom is 0.416 e. The zero-order valence-corrected chi connectivity index (χ0v) is 8.01. The van der Waals surface area contributed by atoms with Gasteiger partial charge in [0.25, 0.3) is 0 Å². The van der Waals surface area contributed by atoms with Gasteiger partial charge in [-0.2, -0.15) is 13.2 Å². The maximum atomic E-state index is 12.7. The van der Waals surface area contributed by atoms with Crippen LogP contribution in [0.2, 0.25) is 0 Å². The van der Waals surface area contributed by atoms with Gasteiger partial charge in [0.2, 0.25) is 0 Å². The molecule has 1 aromatic rings. The lowest BCUT2D eigenvalue weighted by Crippen LogP contribution is -2.17. The van der Waals surface area contributed by atoms with E-state index in [1.165, 1.54) is 6.20 Å². The summed E-state index contributed by atoms with van der Waals surface area (Å²) < 4.78 is 38.0. The third-order valence-corrected chi connectivity index (χ3v) is 2.81. The molecule has 0 amide bonds. The van der Waals surface area contributed by atoms with Gasteiger partial charge >= 0.3 is 6.18 Å². The summed E-state index contributed by atoms with van der Waals surface area (Å²) >= 11 is 0. The normalized spacial score (nSPS) is 17.5. The predicted octanol–water partition coefficient (Wildman–Crippen LogP) is 2.95. The molecule has 1 aliphatic rings. The molecule has 1 heterocycles. The van der Waals surface area contributed by atoms with Crippen LogP contribution in [-0.2, 0) is 6.18 Å². The molecule has 2 nitrogen and oxygen atoms in total. The summed E-state index contributed by atoms with van der Waals surface area (Å²) in [5.74, 6) is -0.0693. The average molecular weight is 216 g/mol. The summed E-state index contributed by atoms with van der Waals surface area (Å²) in [6, 6.07) is 0.924. The van der Waals surface area contributed by atoms with Crippen molar-refractivity contribution >= 4 is 5.82 Å². The zero-order chi connectivity index (χ0) is 11.1. The van der Waals surface area contributed by atoms with Crippen molar-refractivity contribution in [3.05, 3.63) is 23.4 Å². The number of pyridine rings is 1. The Morgan fingerprint density at radius 2 is 2.00 bits per heavy atom. The van der Waals surface area contributed by atoms with E-state index in [1.54, 1.807) is 0 Å². The second kappa shape index (κ2) is 3.40. The van der Waals surface area contributed by atoms with Gasteiger partial charge in [-0.05, 0) is 30.4 Å². The zero-order valence-electron chi connectivity index (χ0n) is 8.01. The van der Waals surface area contributed by atoms with E-state index >= 15 is 0 Å². The molecule has 1 saturated carbocycles. The predicted molar refractivity (Wildman–Crippen MR) is 50.2 cm³/mol. The largest absolute Gasteiger partial charge is 0.416 e. The molecular formula is C10H11F3N2. The Kier molecular flexibility index (Phi) is 2.32. The highest BCUT2D eigenvalue weighted by Gasteiger charge is 2.37. The summed E-state index contributed by atoms with van der Waals surface area (Å²) in [6.07, 6.45) is -0.445. The molecule has 0 atom stereocenters. The molecule has 2 N–H and O–H groups in total. The van der Waals surface area contributed by atoms with Gasteiger partial charge in [0.1, 0.15) is 5.82 Å². The fourth-order valence-corrected chi connectivity index (χ4v) is 1.77. The van der Waals surface area contributed by atoms with Gasteiger partial charge in [-0.15, -0.1) is 0 Å². The SMILES string of the molecule is Nc1cc(C(F)(F)F)c(C2CCC2)cn1. The topological polar surface area (TPSA) is 38.9 Å². The van der Waals surface area contributed by atoms with Crippen LogP contribution in [0.5, 0.6) is 0 Å². The average Bonchev–Trinajstić information content (AvgIpc) is 2.03. The van der Waals surface area contributed by atoms with Crippen LogP contribution < -0.4 is 5.73 Å². The number of nitrogens with zero attached hydrogens (tertiary/aromatic N) is 1. The third-order valence-electron chi connectivity index (χ3n) is 2.81. The first-order valence-electron chi connectivity index (χ1n) is 4.81. The van der Waals surface area contributed by atoms with Crippen molar-refractivity contribution in [2.45, 2.75) is 31.4 Å². The minimum atomic E-state index is -4.33. The van der Waals surface area contributed by atoms with Gasteiger partial charge in [-0.25, -0.2) is 4.98 Å². The van der Waals surface area contributed by atoms with Gasteiger partial charge in [0.05, 0.1) is 5.56 Å². The number of halogens is 3. The van der Waals surface area contributed by atoms with Crippen LogP contribution in [0.3, 0.4) is 0 Å². The first-order valence-corrected chi connectivity index (χ1v) is 4.81. The molecule has 1 fully saturated rings. The second-order valence-electron chi connectivity index (χ2n) is 3.82. The van der Waals surface area contributed by atoms with E-state index in [0.29, 0.717) is 5.56 Å². The number of hydrogen-bond donors (Lipinski definition) is 1. The Morgan fingerprint density at radius 3 is 2.47 bits per heavy atom. The molecule has 15 heavy (non-hydrogen) atoms. The van der Waals surface area contributed by atoms with E-state index in [0.717, 1.165) is 25.3 Å². The summed E-state index contributed by atoms with van der Waals surface area (Å²) in [7, 11) is 0. The Hall–Kier alpha value is -1.26. The van der Waals surface area contributed by atoms with E-state index in [-0.39, 0.29) is 11.7 Å². The molecule has 2 rings (SSSR count). The number of hydrogen-bond acceptors (Lipinski definition) is 2. The summed E-state index contributed by atoms with van der Waals surface area (Å²) in [5.41, 5.74) is 4.94. The van der Waals surface area contributed by atoms with E-state index in [9.17, 15) is 13.2 Å². The molecule has 5 heteroatoms. The van der Waals surface area contributed by atoms with Crippen LogP contribution in [-0.4, -0.2) is 4.98 Å². The van der Waals surface area contributed by atoms with Gasteiger partial charge in [0.15, 0.2) is 0 Å². The monoisotopic (exact) mass is 216 g/mol. The van der Waals surface area contributed by atoms with Crippen molar-refractivity contribution in [2.24, 2.45) is 0 Å². The number of nitrogen functional groups attached to an aromatic ring is 1. The van der Waals surface area contributed by atoms with Crippen LogP contribution in [0.4, 0.5) is 19.0 Å². The fraction of sp³-hybridized carbons (Fsp3) is 0.500. The second-order valence-corrected chi connectivity index (χ2v) is 3.82. The number of nitrogens with two attached hydrogens (primary N) is 1. The van der Waals surface area contributed by atoms with Crippen LogP contribution in [0.15, 0.2) is 12.3 Å². The number of aromatic nitrogens is 1. The maximum absolute atomic E-state index is 12.7. The highest BCUT2D eigenvalue weighted by molar-refractivity contribution is 5.40. The van der Waals surface area contributed by atoms with Crippen molar-refractivity contribution in [3.8, 4) is 0 Å². The lowest BCUT2D eigenvalue weighted by atomic mass is 9.79. The van der Waals surface area contributed by atoms with Crippen LogP contribution in [0.1, 0.15) is 36.3 Å². The molecule has 0 spiro atoms. The highest BCUT2D eigenvalue weighted by atomic mass is 19.4.